The predicted octanol–water partition coefficient (Wildman–Crippen LogP) is -0.312. The third kappa shape index (κ3) is 5.14. The summed E-state index contributed by atoms with van der Waals surface area (Å²) in [6, 6.07) is 0.406. The summed E-state index contributed by atoms with van der Waals surface area (Å²) in [6.07, 6.45) is 2.27. The fourth-order valence-corrected chi connectivity index (χ4v) is 2.06. The molecular formula is C11H20N2O4. The van der Waals surface area contributed by atoms with Gasteiger partial charge in [-0.3, -0.25) is 9.69 Å². The molecule has 1 atom stereocenters. The predicted molar refractivity (Wildman–Crippen MR) is 61.7 cm³/mol. The lowest BCUT2D eigenvalue weighted by Crippen LogP contribution is -2.41. The van der Waals surface area contributed by atoms with Gasteiger partial charge in [0.2, 0.25) is 5.91 Å². The molecule has 1 fully saturated rings. The molecule has 6 nitrogen and oxygen atoms in total. The van der Waals surface area contributed by atoms with Gasteiger partial charge < -0.3 is 15.2 Å². The second kappa shape index (κ2) is 7.24. The first-order chi connectivity index (χ1) is 8.13. The van der Waals surface area contributed by atoms with Gasteiger partial charge in [0.15, 0.2) is 0 Å². The zero-order valence-electron chi connectivity index (χ0n) is 10.1. The Morgan fingerprint density at radius 3 is 2.88 bits per heavy atom. The third-order valence-electron chi connectivity index (χ3n) is 2.90. The second-order valence-corrected chi connectivity index (χ2v) is 4.12. The molecule has 1 heterocycles. The van der Waals surface area contributed by atoms with Crippen LogP contribution in [0.15, 0.2) is 0 Å². The minimum Gasteiger partial charge on any atom is -0.480 e. The summed E-state index contributed by atoms with van der Waals surface area (Å²) >= 11 is 0. The van der Waals surface area contributed by atoms with Crippen LogP contribution in [-0.4, -0.2) is 60.8 Å². The van der Waals surface area contributed by atoms with E-state index in [1.165, 1.54) is 6.42 Å². The Kier molecular flexibility index (Phi) is 5.93. The van der Waals surface area contributed by atoms with Gasteiger partial charge in [-0.1, -0.05) is 6.92 Å². The van der Waals surface area contributed by atoms with Crippen molar-refractivity contribution in [3.63, 3.8) is 0 Å². The first kappa shape index (κ1) is 13.9. The van der Waals surface area contributed by atoms with E-state index in [-0.39, 0.29) is 12.5 Å². The number of hydrogen-bond donors (Lipinski definition) is 2. The summed E-state index contributed by atoms with van der Waals surface area (Å²) < 4.78 is 4.70. The van der Waals surface area contributed by atoms with E-state index in [1.807, 2.05) is 0 Å². The average molecular weight is 244 g/mol. The van der Waals surface area contributed by atoms with Crippen LogP contribution in [0, 0.1) is 0 Å². The Balaban J connectivity index is 2.12. The zero-order valence-corrected chi connectivity index (χ0v) is 10.1. The molecule has 1 saturated heterocycles. The molecule has 0 aromatic rings. The minimum absolute atomic E-state index is 0.189. The Morgan fingerprint density at radius 1 is 1.47 bits per heavy atom. The lowest BCUT2D eigenvalue weighted by molar-refractivity contribution is -0.143. The Hall–Kier alpha value is -1.14. The van der Waals surface area contributed by atoms with Crippen molar-refractivity contribution in [1.29, 1.82) is 0 Å². The van der Waals surface area contributed by atoms with E-state index in [9.17, 15) is 9.59 Å². The van der Waals surface area contributed by atoms with E-state index in [0.717, 1.165) is 19.5 Å². The first-order valence-corrected chi connectivity index (χ1v) is 5.93. The molecular weight excluding hydrogens is 224 g/mol. The van der Waals surface area contributed by atoms with Crippen molar-refractivity contribution in [2.45, 2.75) is 25.8 Å². The molecule has 1 aliphatic rings. The second-order valence-electron chi connectivity index (χ2n) is 4.12. The first-order valence-electron chi connectivity index (χ1n) is 5.93. The number of amides is 1. The van der Waals surface area contributed by atoms with Crippen molar-refractivity contribution in [2.75, 3.05) is 32.8 Å². The number of carboxylic acids is 1. The highest BCUT2D eigenvalue weighted by molar-refractivity contribution is 5.77. The number of aliphatic carboxylic acids is 1. The van der Waals surface area contributed by atoms with Crippen molar-refractivity contribution in [3.8, 4) is 0 Å². The number of rotatable bonds is 7. The van der Waals surface area contributed by atoms with Crippen LogP contribution in [0.1, 0.15) is 19.8 Å². The SMILES string of the molecule is CCN1CCCC1CNC(=O)COCC(=O)O. The number of carboxylic acid groups (broad SMARTS) is 1. The smallest absolute Gasteiger partial charge is 0.329 e. The Bertz CT molecular complexity index is 270. The molecule has 98 valence electrons. The largest absolute Gasteiger partial charge is 0.480 e. The van der Waals surface area contributed by atoms with Crippen molar-refractivity contribution in [2.24, 2.45) is 0 Å². The van der Waals surface area contributed by atoms with E-state index in [0.29, 0.717) is 12.6 Å². The maximum Gasteiger partial charge on any atom is 0.329 e. The van der Waals surface area contributed by atoms with E-state index in [2.05, 4.69) is 17.1 Å². The van der Waals surface area contributed by atoms with E-state index < -0.39 is 12.6 Å². The number of likely N-dealkylation sites (N-methyl/N-ethyl adjacent to an activating group) is 1. The molecule has 0 spiro atoms. The van der Waals surface area contributed by atoms with Gasteiger partial charge in [0, 0.05) is 12.6 Å². The lowest BCUT2D eigenvalue weighted by atomic mass is 10.2. The van der Waals surface area contributed by atoms with E-state index in [1.54, 1.807) is 0 Å². The highest BCUT2D eigenvalue weighted by Gasteiger charge is 2.22. The average Bonchev–Trinajstić information content (AvgIpc) is 2.73. The Labute approximate surface area is 101 Å². The number of hydrogen-bond acceptors (Lipinski definition) is 4. The van der Waals surface area contributed by atoms with Crippen LogP contribution in [0.5, 0.6) is 0 Å². The molecule has 6 heteroatoms. The fourth-order valence-electron chi connectivity index (χ4n) is 2.06. The monoisotopic (exact) mass is 244 g/mol. The molecule has 1 amide bonds. The lowest BCUT2D eigenvalue weighted by Gasteiger charge is -2.22. The van der Waals surface area contributed by atoms with Gasteiger partial charge in [-0.2, -0.15) is 0 Å². The van der Waals surface area contributed by atoms with Gasteiger partial charge in [-0.25, -0.2) is 4.79 Å². The van der Waals surface area contributed by atoms with Crippen LogP contribution in [-0.2, 0) is 14.3 Å². The molecule has 1 unspecified atom stereocenters. The molecule has 17 heavy (non-hydrogen) atoms. The van der Waals surface area contributed by atoms with Crippen molar-refractivity contribution in [1.82, 2.24) is 10.2 Å². The summed E-state index contributed by atoms with van der Waals surface area (Å²) in [5.74, 6) is -1.32. The molecule has 1 rings (SSSR count). The maximum absolute atomic E-state index is 11.3. The molecule has 0 aromatic heterocycles. The zero-order chi connectivity index (χ0) is 12.7. The van der Waals surface area contributed by atoms with Crippen LogP contribution in [0.4, 0.5) is 0 Å². The summed E-state index contributed by atoms with van der Waals surface area (Å²) in [6.45, 7) is 4.19. The standard InChI is InChI=1S/C11H20N2O4/c1-2-13-5-3-4-9(13)6-12-10(14)7-17-8-11(15)16/h9H,2-8H2,1H3,(H,12,14)(H,15,16). The quantitative estimate of drug-likeness (QED) is 0.642. The van der Waals surface area contributed by atoms with E-state index >= 15 is 0 Å². The minimum atomic E-state index is -1.06. The van der Waals surface area contributed by atoms with Crippen LogP contribution >= 0.6 is 0 Å². The van der Waals surface area contributed by atoms with Gasteiger partial charge in [-0.15, -0.1) is 0 Å². The topological polar surface area (TPSA) is 78.9 Å². The number of nitrogens with one attached hydrogen (secondary N) is 1. The van der Waals surface area contributed by atoms with Crippen LogP contribution in [0.2, 0.25) is 0 Å². The third-order valence-corrected chi connectivity index (χ3v) is 2.90. The molecule has 0 aliphatic carbocycles. The summed E-state index contributed by atoms with van der Waals surface area (Å²) in [5, 5.41) is 11.1. The van der Waals surface area contributed by atoms with Gasteiger partial charge in [-0.05, 0) is 25.9 Å². The van der Waals surface area contributed by atoms with E-state index in [4.69, 9.17) is 9.84 Å². The molecule has 0 aromatic carbocycles. The van der Waals surface area contributed by atoms with Gasteiger partial charge >= 0.3 is 5.97 Å². The highest BCUT2D eigenvalue weighted by atomic mass is 16.5. The van der Waals surface area contributed by atoms with Crippen LogP contribution in [0.3, 0.4) is 0 Å². The number of ether oxygens (including phenoxy) is 1. The normalized spacial score (nSPS) is 20.4. The summed E-state index contributed by atoms with van der Waals surface area (Å²) in [4.78, 5) is 23.8. The molecule has 0 saturated carbocycles. The molecule has 0 radical (unpaired) electrons. The van der Waals surface area contributed by atoms with Crippen molar-refractivity contribution < 1.29 is 19.4 Å². The summed E-state index contributed by atoms with van der Waals surface area (Å²) in [5.41, 5.74) is 0. The van der Waals surface area contributed by atoms with Gasteiger partial charge in [0.1, 0.15) is 13.2 Å². The highest BCUT2D eigenvalue weighted by Crippen LogP contribution is 2.15. The maximum atomic E-state index is 11.3. The van der Waals surface area contributed by atoms with Gasteiger partial charge in [0.05, 0.1) is 0 Å². The van der Waals surface area contributed by atoms with Crippen LogP contribution in [0.25, 0.3) is 0 Å². The number of carbonyl (C=O) groups excluding carboxylic acids is 1. The van der Waals surface area contributed by atoms with Gasteiger partial charge in [0.25, 0.3) is 0 Å². The fraction of sp³-hybridized carbons (Fsp3) is 0.818. The molecule has 0 bridgehead atoms. The van der Waals surface area contributed by atoms with Crippen LogP contribution < -0.4 is 5.32 Å². The summed E-state index contributed by atoms with van der Waals surface area (Å²) in [7, 11) is 0. The van der Waals surface area contributed by atoms with Crippen molar-refractivity contribution in [3.05, 3.63) is 0 Å². The molecule has 2 N–H and O–H groups in total. The number of carbonyl (C=O) groups is 2. The Morgan fingerprint density at radius 2 is 2.24 bits per heavy atom. The van der Waals surface area contributed by atoms with Crippen molar-refractivity contribution >= 4 is 11.9 Å². The number of likely N-dealkylation sites (tertiary alicyclic amines) is 1. The number of nitrogens with zero attached hydrogens (tertiary/aromatic N) is 1. The molecule has 1 aliphatic heterocycles.